The first-order valence-corrected chi connectivity index (χ1v) is 6.90. The monoisotopic (exact) mass is 241 g/mol. The summed E-state index contributed by atoms with van der Waals surface area (Å²) in [5.74, 6) is 0.176. The number of hydrogen-bond donors (Lipinski definition) is 2. The Kier molecular flexibility index (Phi) is 6.52. The first-order valence-electron chi connectivity index (χ1n) is 6.90. The van der Waals surface area contributed by atoms with Crippen LogP contribution in [-0.2, 0) is 4.79 Å². The number of rotatable bonds is 6. The van der Waals surface area contributed by atoms with Gasteiger partial charge in [-0.15, -0.1) is 0 Å². The molecule has 0 aromatic carbocycles. The van der Waals surface area contributed by atoms with Gasteiger partial charge in [0, 0.05) is 32.2 Å². The molecule has 0 aliphatic carbocycles. The van der Waals surface area contributed by atoms with E-state index in [-0.39, 0.29) is 11.9 Å². The van der Waals surface area contributed by atoms with Gasteiger partial charge < -0.3 is 10.6 Å². The molecule has 1 rings (SSSR count). The minimum atomic E-state index is 0.00109. The molecule has 1 amide bonds. The van der Waals surface area contributed by atoms with Crippen molar-refractivity contribution in [2.45, 2.75) is 52.1 Å². The molecule has 2 unspecified atom stereocenters. The average molecular weight is 241 g/mol. The Morgan fingerprint density at radius 3 is 2.59 bits per heavy atom. The molecule has 1 aliphatic rings. The molecule has 1 fully saturated rings. The molecule has 100 valence electrons. The zero-order valence-electron chi connectivity index (χ0n) is 11.5. The summed E-state index contributed by atoms with van der Waals surface area (Å²) in [4.78, 5) is 14.3. The van der Waals surface area contributed by atoms with E-state index in [0.29, 0.717) is 6.04 Å². The lowest BCUT2D eigenvalue weighted by Gasteiger charge is -2.32. The molecule has 0 saturated carbocycles. The van der Waals surface area contributed by atoms with E-state index < -0.39 is 0 Å². The van der Waals surface area contributed by atoms with Crippen LogP contribution in [0.3, 0.4) is 0 Å². The van der Waals surface area contributed by atoms with Crippen LogP contribution in [0.2, 0.25) is 0 Å². The third-order valence-electron chi connectivity index (χ3n) is 3.46. The van der Waals surface area contributed by atoms with Crippen LogP contribution in [0.25, 0.3) is 0 Å². The fourth-order valence-electron chi connectivity index (χ4n) is 2.18. The number of nitrogens with zero attached hydrogens (tertiary/aromatic N) is 1. The summed E-state index contributed by atoms with van der Waals surface area (Å²) >= 11 is 0. The summed E-state index contributed by atoms with van der Waals surface area (Å²) in [6.45, 7) is 10.2. The lowest BCUT2D eigenvalue weighted by Crippen LogP contribution is -2.53. The van der Waals surface area contributed by atoms with Crippen molar-refractivity contribution in [3.63, 3.8) is 0 Å². The summed E-state index contributed by atoms with van der Waals surface area (Å²) in [6, 6.07) is 0.300. The number of carbonyl (C=O) groups is 1. The van der Waals surface area contributed by atoms with Gasteiger partial charge in [-0.3, -0.25) is 9.69 Å². The van der Waals surface area contributed by atoms with Crippen molar-refractivity contribution < 1.29 is 4.79 Å². The molecule has 4 heteroatoms. The average Bonchev–Trinajstić information content (AvgIpc) is 2.36. The first-order chi connectivity index (χ1) is 8.15. The molecular formula is C13H27N3O. The Morgan fingerprint density at radius 1 is 1.35 bits per heavy atom. The minimum absolute atomic E-state index is 0.00109. The largest absolute Gasteiger partial charge is 0.352 e. The van der Waals surface area contributed by atoms with E-state index in [0.717, 1.165) is 32.6 Å². The zero-order chi connectivity index (χ0) is 12.7. The predicted molar refractivity (Wildman–Crippen MR) is 71.0 cm³/mol. The van der Waals surface area contributed by atoms with Gasteiger partial charge in [0.2, 0.25) is 5.91 Å². The molecular weight excluding hydrogens is 214 g/mol. The predicted octanol–water partition coefficient (Wildman–Crippen LogP) is 0.975. The van der Waals surface area contributed by atoms with Gasteiger partial charge >= 0.3 is 0 Å². The molecule has 0 aromatic heterocycles. The van der Waals surface area contributed by atoms with Crippen LogP contribution in [0, 0.1) is 0 Å². The lowest BCUT2D eigenvalue weighted by molar-refractivity contribution is -0.126. The maximum atomic E-state index is 12.0. The minimum Gasteiger partial charge on any atom is -0.352 e. The highest BCUT2D eigenvalue weighted by molar-refractivity contribution is 5.81. The van der Waals surface area contributed by atoms with Crippen LogP contribution >= 0.6 is 0 Å². The Labute approximate surface area is 105 Å². The van der Waals surface area contributed by atoms with E-state index in [1.165, 1.54) is 12.8 Å². The van der Waals surface area contributed by atoms with Crippen LogP contribution < -0.4 is 10.6 Å². The Hall–Kier alpha value is -0.610. The molecule has 1 heterocycles. The maximum absolute atomic E-state index is 12.0. The van der Waals surface area contributed by atoms with E-state index in [1.54, 1.807) is 0 Å². The third-order valence-corrected chi connectivity index (χ3v) is 3.46. The highest BCUT2D eigenvalue weighted by atomic mass is 16.2. The molecule has 0 aromatic rings. The zero-order valence-corrected chi connectivity index (χ0v) is 11.5. The van der Waals surface area contributed by atoms with Crippen molar-refractivity contribution in [2.24, 2.45) is 0 Å². The number of unbranched alkanes of at least 4 members (excludes halogenated alkanes) is 1. The Morgan fingerprint density at radius 2 is 2.00 bits per heavy atom. The van der Waals surface area contributed by atoms with E-state index in [9.17, 15) is 4.79 Å². The second kappa shape index (κ2) is 7.67. The molecule has 4 nitrogen and oxygen atoms in total. The van der Waals surface area contributed by atoms with Crippen molar-refractivity contribution in [3.05, 3.63) is 0 Å². The SMILES string of the molecule is CCCCC(C)NC(=O)C(C)N1CCNCC1. The van der Waals surface area contributed by atoms with Crippen LogP contribution in [0.5, 0.6) is 0 Å². The van der Waals surface area contributed by atoms with Gasteiger partial charge in [-0.1, -0.05) is 19.8 Å². The smallest absolute Gasteiger partial charge is 0.237 e. The molecule has 2 N–H and O–H groups in total. The van der Waals surface area contributed by atoms with Crippen LogP contribution in [0.15, 0.2) is 0 Å². The highest BCUT2D eigenvalue weighted by Crippen LogP contribution is 2.04. The summed E-state index contributed by atoms with van der Waals surface area (Å²) in [5, 5.41) is 6.41. The lowest BCUT2D eigenvalue weighted by atomic mass is 10.1. The molecule has 1 aliphatic heterocycles. The van der Waals surface area contributed by atoms with Gasteiger partial charge in [-0.05, 0) is 20.3 Å². The third kappa shape index (κ3) is 5.04. The van der Waals surface area contributed by atoms with E-state index in [1.807, 2.05) is 6.92 Å². The summed E-state index contributed by atoms with van der Waals surface area (Å²) in [5.41, 5.74) is 0. The standard InChI is InChI=1S/C13H27N3O/c1-4-5-6-11(2)15-13(17)12(3)16-9-7-14-8-10-16/h11-12,14H,4-10H2,1-3H3,(H,15,17). The van der Waals surface area contributed by atoms with Crippen molar-refractivity contribution in [3.8, 4) is 0 Å². The number of carbonyl (C=O) groups excluding carboxylic acids is 1. The normalized spacial score (nSPS) is 20.9. The number of amides is 1. The first kappa shape index (κ1) is 14.5. The Balaban J connectivity index is 2.29. The number of hydrogen-bond acceptors (Lipinski definition) is 3. The van der Waals surface area contributed by atoms with Crippen molar-refractivity contribution in [1.82, 2.24) is 15.5 Å². The van der Waals surface area contributed by atoms with Gasteiger partial charge in [0.05, 0.1) is 6.04 Å². The summed E-state index contributed by atoms with van der Waals surface area (Å²) < 4.78 is 0. The van der Waals surface area contributed by atoms with Gasteiger partial charge in [-0.25, -0.2) is 0 Å². The van der Waals surface area contributed by atoms with Gasteiger partial charge in [0.25, 0.3) is 0 Å². The fraction of sp³-hybridized carbons (Fsp3) is 0.923. The van der Waals surface area contributed by atoms with E-state index in [2.05, 4.69) is 29.4 Å². The second-order valence-electron chi connectivity index (χ2n) is 5.01. The topological polar surface area (TPSA) is 44.4 Å². The van der Waals surface area contributed by atoms with Crippen molar-refractivity contribution in [1.29, 1.82) is 0 Å². The fourth-order valence-corrected chi connectivity index (χ4v) is 2.18. The molecule has 0 spiro atoms. The number of nitrogens with one attached hydrogen (secondary N) is 2. The van der Waals surface area contributed by atoms with Gasteiger partial charge in [0.1, 0.15) is 0 Å². The number of piperazine rings is 1. The van der Waals surface area contributed by atoms with Gasteiger partial charge in [-0.2, -0.15) is 0 Å². The molecule has 1 saturated heterocycles. The van der Waals surface area contributed by atoms with Crippen LogP contribution in [-0.4, -0.2) is 49.1 Å². The van der Waals surface area contributed by atoms with E-state index in [4.69, 9.17) is 0 Å². The van der Waals surface area contributed by atoms with E-state index >= 15 is 0 Å². The highest BCUT2D eigenvalue weighted by Gasteiger charge is 2.23. The van der Waals surface area contributed by atoms with Crippen molar-refractivity contribution >= 4 is 5.91 Å². The molecule has 17 heavy (non-hydrogen) atoms. The maximum Gasteiger partial charge on any atom is 0.237 e. The van der Waals surface area contributed by atoms with Crippen LogP contribution in [0.4, 0.5) is 0 Å². The summed E-state index contributed by atoms with van der Waals surface area (Å²) in [7, 11) is 0. The Bertz CT molecular complexity index is 227. The van der Waals surface area contributed by atoms with Gasteiger partial charge in [0.15, 0.2) is 0 Å². The van der Waals surface area contributed by atoms with Crippen LogP contribution in [0.1, 0.15) is 40.0 Å². The molecule has 2 atom stereocenters. The second-order valence-corrected chi connectivity index (χ2v) is 5.01. The quantitative estimate of drug-likeness (QED) is 0.728. The summed E-state index contributed by atoms with van der Waals surface area (Å²) in [6.07, 6.45) is 3.45. The molecule has 0 bridgehead atoms. The van der Waals surface area contributed by atoms with Crippen molar-refractivity contribution in [2.75, 3.05) is 26.2 Å². The molecule has 0 radical (unpaired) electrons.